The fourth-order valence-electron chi connectivity index (χ4n) is 1.79. The minimum atomic E-state index is 0.447. The first kappa shape index (κ1) is 15.1. The van der Waals surface area contributed by atoms with Crippen molar-refractivity contribution in [1.29, 1.82) is 0 Å². The molecule has 0 aromatic carbocycles. The molecule has 2 N–H and O–H groups in total. The van der Waals surface area contributed by atoms with Gasteiger partial charge in [0.1, 0.15) is 5.65 Å². The number of fused-ring (bicyclic) bond motifs is 1. The van der Waals surface area contributed by atoms with Gasteiger partial charge in [-0.05, 0) is 31.2 Å². The van der Waals surface area contributed by atoms with Crippen molar-refractivity contribution in [3.63, 3.8) is 0 Å². The Morgan fingerprint density at radius 1 is 1.24 bits per heavy atom. The third-order valence-electron chi connectivity index (χ3n) is 2.80. The summed E-state index contributed by atoms with van der Waals surface area (Å²) in [6, 6.07) is 9.54. The Balaban J connectivity index is 0.000000155. The number of nitrogen functional groups attached to an aromatic ring is 1. The van der Waals surface area contributed by atoms with Gasteiger partial charge in [0.15, 0.2) is 11.6 Å². The Hall–Kier alpha value is -2.27. The Morgan fingerprint density at radius 3 is 2.67 bits per heavy atom. The topological polar surface area (TPSA) is 65.4 Å². The van der Waals surface area contributed by atoms with Crippen molar-refractivity contribution < 1.29 is 4.74 Å². The van der Waals surface area contributed by atoms with Crippen molar-refractivity contribution >= 4 is 23.1 Å². The van der Waals surface area contributed by atoms with Crippen LogP contribution >= 0.6 is 11.6 Å². The Labute approximate surface area is 128 Å². The molecule has 0 amide bonds. The second-order valence-corrected chi connectivity index (χ2v) is 4.64. The smallest absolute Gasteiger partial charge is 0.166 e. The molecule has 0 radical (unpaired) electrons. The van der Waals surface area contributed by atoms with E-state index in [-0.39, 0.29) is 0 Å². The summed E-state index contributed by atoms with van der Waals surface area (Å²) in [6.45, 7) is 1.88. The highest BCUT2D eigenvalue weighted by atomic mass is 35.5. The van der Waals surface area contributed by atoms with Crippen LogP contribution in [0.15, 0.2) is 42.7 Å². The number of rotatable bonds is 2. The molecule has 0 fully saturated rings. The second kappa shape index (κ2) is 6.95. The zero-order chi connectivity index (χ0) is 15.2. The standard InChI is InChI=1S/C8H7ClN2.C7H10N2O/c9-5-7-6-11-4-2-1-3-8(11)10-7;1-5-3-4-6(10-2)7(8)9-5/h1-4,6H,5H2;3-4H,1-2H3,(H2,8,9). The van der Waals surface area contributed by atoms with E-state index in [1.54, 1.807) is 13.2 Å². The van der Waals surface area contributed by atoms with Crippen LogP contribution in [0.5, 0.6) is 5.75 Å². The zero-order valence-electron chi connectivity index (χ0n) is 12.0. The van der Waals surface area contributed by atoms with Gasteiger partial charge in [-0.2, -0.15) is 0 Å². The molecule has 3 aromatic rings. The van der Waals surface area contributed by atoms with Crippen LogP contribution in [0.4, 0.5) is 5.82 Å². The lowest BCUT2D eigenvalue weighted by molar-refractivity contribution is 0.415. The Bertz CT molecular complexity index is 694. The summed E-state index contributed by atoms with van der Waals surface area (Å²) in [6.07, 6.45) is 3.89. The summed E-state index contributed by atoms with van der Waals surface area (Å²) in [4.78, 5) is 8.26. The quantitative estimate of drug-likeness (QED) is 0.739. The number of hydrogen-bond donors (Lipinski definition) is 1. The molecule has 0 unspecified atom stereocenters. The van der Waals surface area contributed by atoms with Crippen molar-refractivity contribution in [3.8, 4) is 5.75 Å². The van der Waals surface area contributed by atoms with Gasteiger partial charge in [0.05, 0.1) is 18.7 Å². The predicted octanol–water partition coefficient (Wildman–Crippen LogP) is 3.05. The molecule has 0 saturated heterocycles. The molecule has 0 atom stereocenters. The number of hydrogen-bond acceptors (Lipinski definition) is 4. The van der Waals surface area contributed by atoms with E-state index < -0.39 is 0 Å². The molecule has 21 heavy (non-hydrogen) atoms. The third kappa shape index (κ3) is 3.86. The SMILES string of the molecule is COc1ccc(C)nc1N.ClCc1cn2ccccc2n1. The van der Waals surface area contributed by atoms with Crippen LogP contribution in [0.2, 0.25) is 0 Å². The molecule has 0 bridgehead atoms. The maximum absolute atomic E-state index is 5.62. The van der Waals surface area contributed by atoms with E-state index in [1.165, 1.54) is 0 Å². The number of alkyl halides is 1. The average Bonchev–Trinajstić information content (AvgIpc) is 2.91. The molecular weight excluding hydrogens is 288 g/mol. The number of halogens is 1. The first-order valence-corrected chi connectivity index (χ1v) is 6.93. The minimum absolute atomic E-state index is 0.447. The lowest BCUT2D eigenvalue weighted by Gasteiger charge is -2.02. The van der Waals surface area contributed by atoms with Crippen LogP contribution < -0.4 is 10.5 Å². The summed E-state index contributed by atoms with van der Waals surface area (Å²) >= 11 is 5.62. The maximum atomic E-state index is 5.62. The molecule has 0 aliphatic heterocycles. The van der Waals surface area contributed by atoms with Crippen LogP contribution in [0, 0.1) is 6.92 Å². The monoisotopic (exact) mass is 304 g/mol. The number of anilines is 1. The average molecular weight is 305 g/mol. The van der Waals surface area contributed by atoms with E-state index in [4.69, 9.17) is 22.1 Å². The van der Waals surface area contributed by atoms with Crippen LogP contribution in [0.1, 0.15) is 11.4 Å². The number of imidazole rings is 1. The minimum Gasteiger partial charge on any atom is -0.493 e. The molecule has 3 heterocycles. The van der Waals surface area contributed by atoms with Crippen LogP contribution in [0.25, 0.3) is 5.65 Å². The van der Waals surface area contributed by atoms with Gasteiger partial charge in [-0.3, -0.25) is 0 Å². The van der Waals surface area contributed by atoms with Gasteiger partial charge in [0.2, 0.25) is 0 Å². The fourth-order valence-corrected chi connectivity index (χ4v) is 1.92. The molecule has 110 valence electrons. The lowest BCUT2D eigenvalue weighted by Crippen LogP contribution is -1.96. The fraction of sp³-hybridized carbons (Fsp3) is 0.200. The summed E-state index contributed by atoms with van der Waals surface area (Å²) < 4.78 is 6.87. The van der Waals surface area contributed by atoms with E-state index >= 15 is 0 Å². The lowest BCUT2D eigenvalue weighted by atomic mass is 10.3. The van der Waals surface area contributed by atoms with Gasteiger partial charge < -0.3 is 14.9 Å². The first-order valence-electron chi connectivity index (χ1n) is 6.39. The third-order valence-corrected chi connectivity index (χ3v) is 3.07. The van der Waals surface area contributed by atoms with Gasteiger partial charge in [-0.25, -0.2) is 9.97 Å². The molecule has 6 heteroatoms. The molecule has 3 aromatic heterocycles. The number of aryl methyl sites for hydroxylation is 1. The summed E-state index contributed by atoms with van der Waals surface area (Å²) in [5, 5.41) is 0. The highest BCUT2D eigenvalue weighted by Crippen LogP contribution is 2.17. The van der Waals surface area contributed by atoms with Gasteiger partial charge in [-0.1, -0.05) is 6.07 Å². The van der Waals surface area contributed by atoms with Gasteiger partial charge >= 0.3 is 0 Å². The molecule has 3 rings (SSSR count). The highest BCUT2D eigenvalue weighted by molar-refractivity contribution is 6.16. The van der Waals surface area contributed by atoms with Crippen molar-refractivity contribution in [2.75, 3.05) is 12.8 Å². The number of nitrogens with two attached hydrogens (primary N) is 1. The molecule has 5 nitrogen and oxygen atoms in total. The van der Waals surface area contributed by atoms with Crippen LogP contribution in [-0.4, -0.2) is 21.5 Å². The van der Waals surface area contributed by atoms with Crippen LogP contribution in [-0.2, 0) is 5.88 Å². The summed E-state index contributed by atoms with van der Waals surface area (Å²) in [7, 11) is 1.57. The van der Waals surface area contributed by atoms with Gasteiger partial charge in [0, 0.05) is 18.1 Å². The number of ether oxygens (including phenoxy) is 1. The van der Waals surface area contributed by atoms with Gasteiger partial charge in [0.25, 0.3) is 0 Å². The molecular formula is C15H17ClN4O. The Kier molecular flexibility index (Phi) is 5.00. The van der Waals surface area contributed by atoms with Crippen molar-refractivity contribution in [2.24, 2.45) is 0 Å². The number of aromatic nitrogens is 3. The van der Waals surface area contributed by atoms with E-state index in [9.17, 15) is 0 Å². The van der Waals surface area contributed by atoms with E-state index in [2.05, 4.69) is 9.97 Å². The van der Waals surface area contributed by atoms with Crippen LogP contribution in [0.3, 0.4) is 0 Å². The second-order valence-electron chi connectivity index (χ2n) is 4.37. The predicted molar refractivity (Wildman–Crippen MR) is 84.7 cm³/mol. The van der Waals surface area contributed by atoms with E-state index in [1.807, 2.05) is 48.0 Å². The molecule has 0 spiro atoms. The number of pyridine rings is 2. The summed E-state index contributed by atoms with van der Waals surface area (Å²) in [5.41, 5.74) is 8.26. The molecule has 0 aliphatic carbocycles. The highest BCUT2D eigenvalue weighted by Gasteiger charge is 1.97. The summed E-state index contributed by atoms with van der Waals surface area (Å²) in [5.74, 6) is 1.55. The first-order chi connectivity index (χ1) is 10.1. The molecule has 0 saturated carbocycles. The van der Waals surface area contributed by atoms with Gasteiger partial charge in [-0.15, -0.1) is 11.6 Å². The Morgan fingerprint density at radius 2 is 2.05 bits per heavy atom. The normalized spacial score (nSPS) is 10.0. The van der Waals surface area contributed by atoms with E-state index in [0.717, 1.165) is 17.0 Å². The maximum Gasteiger partial charge on any atom is 0.166 e. The zero-order valence-corrected chi connectivity index (χ0v) is 12.7. The largest absolute Gasteiger partial charge is 0.493 e. The van der Waals surface area contributed by atoms with Crippen molar-refractivity contribution in [1.82, 2.24) is 14.4 Å². The van der Waals surface area contributed by atoms with Crippen molar-refractivity contribution in [2.45, 2.75) is 12.8 Å². The molecule has 0 aliphatic rings. The number of methoxy groups -OCH3 is 1. The van der Waals surface area contributed by atoms with Crippen molar-refractivity contribution in [3.05, 3.63) is 54.1 Å². The number of nitrogens with zero attached hydrogens (tertiary/aromatic N) is 3. The van der Waals surface area contributed by atoms with E-state index in [0.29, 0.717) is 17.4 Å².